The molecule has 0 aliphatic carbocycles. The minimum atomic E-state index is 0.664. The largest absolute Gasteiger partial charge is 0.492 e. The minimum Gasteiger partial charge on any atom is -0.492 e. The molecule has 0 unspecified atom stereocenters. The summed E-state index contributed by atoms with van der Waals surface area (Å²) in [5.41, 5.74) is 3.68. The van der Waals surface area contributed by atoms with Crippen LogP contribution in [0.1, 0.15) is 11.1 Å². The molecular weight excluding hydrogens is 222 g/mol. The Bertz CT molecular complexity index is 491. The van der Waals surface area contributed by atoms with Gasteiger partial charge in [-0.05, 0) is 37.6 Å². The van der Waals surface area contributed by atoms with E-state index in [-0.39, 0.29) is 0 Å². The van der Waals surface area contributed by atoms with Crippen molar-refractivity contribution in [3.63, 3.8) is 0 Å². The first-order valence-electron chi connectivity index (χ1n) is 6.25. The molecule has 2 rings (SSSR count). The van der Waals surface area contributed by atoms with Crippen molar-refractivity contribution in [2.75, 3.05) is 18.5 Å². The van der Waals surface area contributed by atoms with Gasteiger partial charge in [-0.3, -0.25) is 0 Å². The number of rotatable bonds is 5. The van der Waals surface area contributed by atoms with E-state index in [1.165, 1.54) is 16.8 Å². The minimum absolute atomic E-state index is 0.664. The van der Waals surface area contributed by atoms with E-state index in [9.17, 15) is 0 Å². The summed E-state index contributed by atoms with van der Waals surface area (Å²) < 4.78 is 5.66. The highest BCUT2D eigenvalue weighted by Crippen LogP contribution is 2.13. The SMILES string of the molecule is Cc1ccc(OCCNc2ccccc2C)cc1. The summed E-state index contributed by atoms with van der Waals surface area (Å²) in [7, 11) is 0. The van der Waals surface area contributed by atoms with Gasteiger partial charge in [-0.1, -0.05) is 35.9 Å². The number of anilines is 1. The Morgan fingerprint density at radius 2 is 1.67 bits per heavy atom. The van der Waals surface area contributed by atoms with Gasteiger partial charge in [0.1, 0.15) is 12.4 Å². The molecule has 2 nitrogen and oxygen atoms in total. The van der Waals surface area contributed by atoms with Crippen LogP contribution in [-0.4, -0.2) is 13.2 Å². The van der Waals surface area contributed by atoms with Gasteiger partial charge in [0.25, 0.3) is 0 Å². The lowest BCUT2D eigenvalue weighted by Gasteiger charge is -2.10. The maximum Gasteiger partial charge on any atom is 0.119 e. The zero-order valence-corrected chi connectivity index (χ0v) is 10.9. The van der Waals surface area contributed by atoms with Gasteiger partial charge in [-0.2, -0.15) is 0 Å². The van der Waals surface area contributed by atoms with Gasteiger partial charge in [0.05, 0.1) is 0 Å². The van der Waals surface area contributed by atoms with Gasteiger partial charge in [0, 0.05) is 12.2 Å². The third-order valence-corrected chi connectivity index (χ3v) is 2.85. The molecule has 0 spiro atoms. The second-order valence-electron chi connectivity index (χ2n) is 4.40. The van der Waals surface area contributed by atoms with Crippen molar-refractivity contribution in [2.45, 2.75) is 13.8 Å². The van der Waals surface area contributed by atoms with Crippen molar-refractivity contribution in [2.24, 2.45) is 0 Å². The summed E-state index contributed by atoms with van der Waals surface area (Å²) in [5, 5.41) is 3.37. The van der Waals surface area contributed by atoms with Crippen LogP contribution in [-0.2, 0) is 0 Å². The average molecular weight is 241 g/mol. The molecule has 0 saturated carbocycles. The van der Waals surface area contributed by atoms with Crippen LogP contribution in [0.3, 0.4) is 0 Å². The van der Waals surface area contributed by atoms with Crippen molar-refractivity contribution < 1.29 is 4.74 Å². The number of hydrogen-bond acceptors (Lipinski definition) is 2. The number of aryl methyl sites for hydroxylation is 2. The summed E-state index contributed by atoms with van der Waals surface area (Å²) in [5.74, 6) is 0.923. The number of nitrogens with one attached hydrogen (secondary N) is 1. The van der Waals surface area contributed by atoms with E-state index in [0.29, 0.717) is 6.61 Å². The number of hydrogen-bond donors (Lipinski definition) is 1. The topological polar surface area (TPSA) is 21.3 Å². The summed E-state index contributed by atoms with van der Waals surface area (Å²) in [6.45, 7) is 5.64. The highest BCUT2D eigenvalue weighted by Gasteiger charge is 1.96. The zero-order chi connectivity index (χ0) is 12.8. The molecule has 0 radical (unpaired) electrons. The van der Waals surface area contributed by atoms with Gasteiger partial charge < -0.3 is 10.1 Å². The van der Waals surface area contributed by atoms with Gasteiger partial charge >= 0.3 is 0 Å². The lowest BCUT2D eigenvalue weighted by molar-refractivity contribution is 0.333. The number of para-hydroxylation sites is 1. The zero-order valence-electron chi connectivity index (χ0n) is 10.9. The van der Waals surface area contributed by atoms with Crippen molar-refractivity contribution in [3.05, 3.63) is 59.7 Å². The third-order valence-electron chi connectivity index (χ3n) is 2.85. The molecule has 0 aliphatic heterocycles. The van der Waals surface area contributed by atoms with E-state index >= 15 is 0 Å². The second-order valence-corrected chi connectivity index (χ2v) is 4.40. The fourth-order valence-corrected chi connectivity index (χ4v) is 1.76. The molecule has 0 atom stereocenters. The molecule has 0 amide bonds. The van der Waals surface area contributed by atoms with Crippen LogP contribution in [0.15, 0.2) is 48.5 Å². The number of ether oxygens (including phenoxy) is 1. The summed E-state index contributed by atoms with van der Waals surface area (Å²) in [4.78, 5) is 0. The smallest absolute Gasteiger partial charge is 0.119 e. The Hall–Kier alpha value is -1.96. The first-order valence-corrected chi connectivity index (χ1v) is 6.25. The summed E-state index contributed by atoms with van der Waals surface area (Å²) >= 11 is 0. The molecule has 2 aromatic carbocycles. The predicted molar refractivity (Wildman–Crippen MR) is 76.3 cm³/mol. The third kappa shape index (κ3) is 3.52. The molecule has 18 heavy (non-hydrogen) atoms. The van der Waals surface area contributed by atoms with Crippen molar-refractivity contribution in [1.82, 2.24) is 0 Å². The lowest BCUT2D eigenvalue weighted by atomic mass is 10.2. The van der Waals surface area contributed by atoms with Crippen LogP contribution >= 0.6 is 0 Å². The predicted octanol–water partition coefficient (Wildman–Crippen LogP) is 3.79. The fraction of sp³-hybridized carbons (Fsp3) is 0.250. The van der Waals surface area contributed by atoms with E-state index in [4.69, 9.17) is 4.74 Å². The number of benzene rings is 2. The van der Waals surface area contributed by atoms with Crippen LogP contribution in [0.4, 0.5) is 5.69 Å². The van der Waals surface area contributed by atoms with E-state index in [2.05, 4.69) is 43.4 Å². The maximum absolute atomic E-state index is 5.66. The van der Waals surface area contributed by atoms with E-state index in [1.807, 2.05) is 24.3 Å². The van der Waals surface area contributed by atoms with Crippen LogP contribution in [0.2, 0.25) is 0 Å². The maximum atomic E-state index is 5.66. The van der Waals surface area contributed by atoms with Crippen LogP contribution in [0, 0.1) is 13.8 Å². The van der Waals surface area contributed by atoms with Crippen molar-refractivity contribution in [3.8, 4) is 5.75 Å². The summed E-state index contributed by atoms with van der Waals surface area (Å²) in [6.07, 6.45) is 0. The van der Waals surface area contributed by atoms with Gasteiger partial charge in [-0.15, -0.1) is 0 Å². The van der Waals surface area contributed by atoms with Crippen molar-refractivity contribution in [1.29, 1.82) is 0 Å². The molecule has 94 valence electrons. The Kier molecular flexibility index (Phi) is 4.24. The quantitative estimate of drug-likeness (QED) is 0.804. The average Bonchev–Trinajstić information content (AvgIpc) is 2.39. The molecular formula is C16H19NO. The monoisotopic (exact) mass is 241 g/mol. The molecule has 0 bridgehead atoms. The normalized spacial score (nSPS) is 10.1. The van der Waals surface area contributed by atoms with Gasteiger partial charge in [-0.25, -0.2) is 0 Å². The molecule has 0 saturated heterocycles. The van der Waals surface area contributed by atoms with E-state index in [1.54, 1.807) is 0 Å². The second kappa shape index (κ2) is 6.10. The summed E-state index contributed by atoms with van der Waals surface area (Å²) in [6, 6.07) is 16.4. The molecule has 2 heteroatoms. The Morgan fingerprint density at radius 3 is 2.39 bits per heavy atom. The molecule has 2 aromatic rings. The van der Waals surface area contributed by atoms with E-state index in [0.717, 1.165) is 12.3 Å². The van der Waals surface area contributed by atoms with Gasteiger partial charge in [0.2, 0.25) is 0 Å². The highest BCUT2D eigenvalue weighted by atomic mass is 16.5. The Labute approximate surface area is 109 Å². The first kappa shape index (κ1) is 12.5. The van der Waals surface area contributed by atoms with Gasteiger partial charge in [0.15, 0.2) is 0 Å². The van der Waals surface area contributed by atoms with Crippen LogP contribution < -0.4 is 10.1 Å². The van der Waals surface area contributed by atoms with Crippen molar-refractivity contribution >= 4 is 5.69 Å². The molecule has 0 aliphatic rings. The van der Waals surface area contributed by atoms with Crippen LogP contribution in [0.25, 0.3) is 0 Å². The molecule has 0 aromatic heterocycles. The highest BCUT2D eigenvalue weighted by molar-refractivity contribution is 5.50. The lowest BCUT2D eigenvalue weighted by Crippen LogP contribution is -2.12. The molecule has 0 heterocycles. The standard InChI is InChI=1S/C16H19NO/c1-13-7-9-15(10-8-13)18-12-11-17-16-6-4-3-5-14(16)2/h3-10,17H,11-12H2,1-2H3. The fourth-order valence-electron chi connectivity index (χ4n) is 1.76. The molecule has 0 fully saturated rings. The Balaban J connectivity index is 1.76. The van der Waals surface area contributed by atoms with Crippen LogP contribution in [0.5, 0.6) is 5.75 Å². The first-order chi connectivity index (χ1) is 8.75. The van der Waals surface area contributed by atoms with E-state index < -0.39 is 0 Å². The Morgan fingerprint density at radius 1 is 0.944 bits per heavy atom. The molecule has 1 N–H and O–H groups in total.